The van der Waals surface area contributed by atoms with Crippen LogP contribution in [0, 0.1) is 0 Å². The number of piperazine rings is 1. The topological polar surface area (TPSA) is 49.9 Å². The lowest BCUT2D eigenvalue weighted by Crippen LogP contribution is -2.54. The zero-order valence-electron chi connectivity index (χ0n) is 12.8. The van der Waals surface area contributed by atoms with Crippen molar-refractivity contribution in [3.63, 3.8) is 0 Å². The molecule has 0 aliphatic carbocycles. The van der Waals surface area contributed by atoms with E-state index >= 15 is 0 Å². The molecule has 0 radical (unpaired) electrons. The smallest absolute Gasteiger partial charge is 0.337 e. The van der Waals surface area contributed by atoms with E-state index in [0.717, 1.165) is 25.3 Å². The summed E-state index contributed by atoms with van der Waals surface area (Å²) in [6, 6.07) is 7.60. The zero-order valence-corrected chi connectivity index (χ0v) is 12.8. The van der Waals surface area contributed by atoms with Crippen LogP contribution in [-0.2, 0) is 9.53 Å². The summed E-state index contributed by atoms with van der Waals surface area (Å²) >= 11 is 0. The summed E-state index contributed by atoms with van der Waals surface area (Å²) in [6.07, 6.45) is 0.554. The molecule has 0 N–H and O–H groups in total. The molecule has 0 bridgehead atoms. The molecule has 2 rings (SSSR count). The molecule has 0 unspecified atom stereocenters. The van der Waals surface area contributed by atoms with Gasteiger partial charge in [0.2, 0.25) is 5.91 Å². The Kier molecular flexibility index (Phi) is 4.83. The second kappa shape index (κ2) is 6.61. The van der Waals surface area contributed by atoms with E-state index < -0.39 is 0 Å². The van der Waals surface area contributed by atoms with Crippen LogP contribution in [0.3, 0.4) is 0 Å². The average Bonchev–Trinajstić information content (AvgIpc) is 2.53. The normalized spacial score (nSPS) is 18.5. The first-order chi connectivity index (χ1) is 10.1. The van der Waals surface area contributed by atoms with Gasteiger partial charge in [-0.1, -0.05) is 6.92 Å². The van der Waals surface area contributed by atoms with Gasteiger partial charge in [-0.05, 0) is 31.2 Å². The molecule has 1 saturated heterocycles. The average molecular weight is 290 g/mol. The molecule has 1 atom stereocenters. The van der Waals surface area contributed by atoms with Crippen molar-refractivity contribution in [3.8, 4) is 0 Å². The van der Waals surface area contributed by atoms with Crippen LogP contribution >= 0.6 is 0 Å². The van der Waals surface area contributed by atoms with Gasteiger partial charge in [-0.3, -0.25) is 4.79 Å². The van der Waals surface area contributed by atoms with Crippen LogP contribution < -0.4 is 4.90 Å². The number of esters is 1. The third kappa shape index (κ3) is 3.35. The number of hydrogen-bond donors (Lipinski definition) is 0. The third-order valence-electron chi connectivity index (χ3n) is 3.90. The van der Waals surface area contributed by atoms with E-state index in [2.05, 4.69) is 11.8 Å². The zero-order chi connectivity index (χ0) is 15.4. The summed E-state index contributed by atoms with van der Waals surface area (Å²) in [4.78, 5) is 27.4. The molecule has 5 nitrogen and oxygen atoms in total. The van der Waals surface area contributed by atoms with Gasteiger partial charge in [0.15, 0.2) is 0 Å². The molecule has 0 aromatic heterocycles. The first-order valence-corrected chi connectivity index (χ1v) is 7.29. The SMILES string of the molecule is CCC(=O)N1CCN(c2ccc(C(=O)OC)cc2)C[C@H]1C. The molecule has 1 aliphatic heterocycles. The highest BCUT2D eigenvalue weighted by atomic mass is 16.5. The number of nitrogens with zero attached hydrogens (tertiary/aromatic N) is 2. The summed E-state index contributed by atoms with van der Waals surface area (Å²) in [5.41, 5.74) is 1.62. The van der Waals surface area contributed by atoms with Crippen LogP contribution in [0.5, 0.6) is 0 Å². The monoisotopic (exact) mass is 290 g/mol. The first kappa shape index (κ1) is 15.4. The van der Waals surface area contributed by atoms with Crippen molar-refractivity contribution in [1.82, 2.24) is 4.90 Å². The van der Waals surface area contributed by atoms with Gasteiger partial charge in [-0.2, -0.15) is 0 Å². The molecule has 21 heavy (non-hydrogen) atoms. The fraction of sp³-hybridized carbons (Fsp3) is 0.500. The number of methoxy groups -OCH3 is 1. The maximum Gasteiger partial charge on any atom is 0.337 e. The molecule has 1 amide bonds. The van der Waals surface area contributed by atoms with Crippen molar-refractivity contribution >= 4 is 17.6 Å². The minimum atomic E-state index is -0.326. The first-order valence-electron chi connectivity index (χ1n) is 7.29. The Labute approximate surface area is 125 Å². The van der Waals surface area contributed by atoms with Gasteiger partial charge >= 0.3 is 5.97 Å². The lowest BCUT2D eigenvalue weighted by atomic mass is 10.1. The van der Waals surface area contributed by atoms with Crippen molar-refractivity contribution < 1.29 is 14.3 Å². The second-order valence-electron chi connectivity index (χ2n) is 5.27. The molecule has 114 valence electrons. The lowest BCUT2D eigenvalue weighted by Gasteiger charge is -2.41. The number of hydrogen-bond acceptors (Lipinski definition) is 4. The number of rotatable bonds is 3. The van der Waals surface area contributed by atoms with Crippen LogP contribution in [0.4, 0.5) is 5.69 Å². The Morgan fingerprint density at radius 1 is 1.24 bits per heavy atom. The van der Waals surface area contributed by atoms with Crippen molar-refractivity contribution in [2.75, 3.05) is 31.6 Å². The van der Waals surface area contributed by atoms with Crippen molar-refractivity contribution in [2.45, 2.75) is 26.3 Å². The van der Waals surface area contributed by atoms with Crippen LogP contribution in [0.2, 0.25) is 0 Å². The number of anilines is 1. The molecule has 0 saturated carbocycles. The van der Waals surface area contributed by atoms with Crippen LogP contribution in [-0.4, -0.2) is 49.6 Å². The Bertz CT molecular complexity index is 513. The molecular weight excluding hydrogens is 268 g/mol. The van der Waals surface area contributed by atoms with E-state index in [9.17, 15) is 9.59 Å². The summed E-state index contributed by atoms with van der Waals surface area (Å²) in [7, 11) is 1.38. The van der Waals surface area contributed by atoms with Crippen molar-refractivity contribution in [2.24, 2.45) is 0 Å². The van der Waals surface area contributed by atoms with Crippen LogP contribution in [0.1, 0.15) is 30.6 Å². The summed E-state index contributed by atoms with van der Waals surface area (Å²) in [5, 5.41) is 0. The van der Waals surface area contributed by atoms with E-state index in [0.29, 0.717) is 12.0 Å². The van der Waals surface area contributed by atoms with Crippen LogP contribution in [0.15, 0.2) is 24.3 Å². The molecular formula is C16H22N2O3. The van der Waals surface area contributed by atoms with Gasteiger partial charge in [0.05, 0.1) is 12.7 Å². The molecule has 0 spiro atoms. The number of carbonyl (C=O) groups excluding carboxylic acids is 2. The maximum atomic E-state index is 11.8. The molecule has 5 heteroatoms. The number of carbonyl (C=O) groups is 2. The fourth-order valence-electron chi connectivity index (χ4n) is 2.69. The van der Waals surface area contributed by atoms with E-state index in [-0.39, 0.29) is 17.9 Å². The highest BCUT2D eigenvalue weighted by Gasteiger charge is 2.26. The second-order valence-corrected chi connectivity index (χ2v) is 5.27. The summed E-state index contributed by atoms with van der Waals surface area (Å²) in [5.74, 6) is -0.114. The van der Waals surface area contributed by atoms with Gasteiger partial charge in [0.25, 0.3) is 0 Å². The van der Waals surface area contributed by atoms with Crippen molar-refractivity contribution in [1.29, 1.82) is 0 Å². The Hall–Kier alpha value is -2.04. The fourth-order valence-corrected chi connectivity index (χ4v) is 2.69. The number of amides is 1. The Balaban J connectivity index is 2.04. The van der Waals surface area contributed by atoms with Crippen molar-refractivity contribution in [3.05, 3.63) is 29.8 Å². The third-order valence-corrected chi connectivity index (χ3v) is 3.90. The van der Waals surface area contributed by atoms with E-state index in [4.69, 9.17) is 4.74 Å². The standard InChI is InChI=1S/C16H22N2O3/c1-4-15(19)18-10-9-17(11-12(18)2)14-7-5-13(6-8-14)16(20)21-3/h5-8,12H,4,9-11H2,1-3H3/t12-/m1/s1. The Morgan fingerprint density at radius 2 is 1.90 bits per heavy atom. The minimum Gasteiger partial charge on any atom is -0.465 e. The van der Waals surface area contributed by atoms with Gasteiger partial charge < -0.3 is 14.5 Å². The van der Waals surface area contributed by atoms with Gasteiger partial charge in [0.1, 0.15) is 0 Å². The van der Waals surface area contributed by atoms with Crippen LogP contribution in [0.25, 0.3) is 0 Å². The molecule has 1 heterocycles. The lowest BCUT2D eigenvalue weighted by molar-refractivity contribution is -0.133. The highest BCUT2D eigenvalue weighted by Crippen LogP contribution is 2.20. The molecule has 1 aromatic rings. The number of benzene rings is 1. The van der Waals surface area contributed by atoms with Gasteiger partial charge in [-0.15, -0.1) is 0 Å². The maximum absolute atomic E-state index is 11.8. The van der Waals surface area contributed by atoms with E-state index in [1.807, 2.05) is 24.0 Å². The predicted molar refractivity (Wildman–Crippen MR) is 81.5 cm³/mol. The predicted octanol–water partition coefficient (Wildman–Crippen LogP) is 1.92. The number of ether oxygens (including phenoxy) is 1. The largest absolute Gasteiger partial charge is 0.465 e. The summed E-state index contributed by atoms with van der Waals surface area (Å²) < 4.78 is 4.69. The molecule has 1 aliphatic rings. The van der Waals surface area contributed by atoms with E-state index in [1.54, 1.807) is 12.1 Å². The molecule has 1 fully saturated rings. The minimum absolute atomic E-state index is 0.200. The molecule has 1 aromatic carbocycles. The van der Waals surface area contributed by atoms with E-state index in [1.165, 1.54) is 7.11 Å². The summed E-state index contributed by atoms with van der Waals surface area (Å²) in [6.45, 7) is 6.33. The van der Waals surface area contributed by atoms with Gasteiger partial charge in [0, 0.05) is 37.8 Å². The quantitative estimate of drug-likeness (QED) is 0.798. The Morgan fingerprint density at radius 3 is 2.43 bits per heavy atom. The highest BCUT2D eigenvalue weighted by molar-refractivity contribution is 5.89. The van der Waals surface area contributed by atoms with Gasteiger partial charge in [-0.25, -0.2) is 4.79 Å².